The minimum Gasteiger partial charge on any atom is -0.394 e. The third-order valence-corrected chi connectivity index (χ3v) is 5.03. The first-order valence-electron chi connectivity index (χ1n) is 9.43. The fourth-order valence-electron chi connectivity index (χ4n) is 3.66. The van der Waals surface area contributed by atoms with E-state index in [0.29, 0.717) is 0 Å². The van der Waals surface area contributed by atoms with E-state index in [1.54, 1.807) is 0 Å². The highest BCUT2D eigenvalue weighted by Crippen LogP contribution is 2.29. The van der Waals surface area contributed by atoms with Crippen molar-refractivity contribution in [1.82, 2.24) is 10.6 Å². The minimum absolute atomic E-state index is 0.515. The van der Waals surface area contributed by atoms with Gasteiger partial charge in [0.2, 0.25) is 11.8 Å². The van der Waals surface area contributed by atoms with Crippen molar-refractivity contribution in [3.63, 3.8) is 0 Å². The predicted octanol–water partition coefficient (Wildman–Crippen LogP) is -4.46. The monoisotopic (exact) mass is 438 g/mol. The maximum absolute atomic E-state index is 11.6. The molecule has 2 aliphatic rings. The van der Waals surface area contributed by atoms with E-state index in [1.807, 2.05) is 0 Å². The van der Waals surface area contributed by atoms with Crippen LogP contribution in [0.15, 0.2) is 0 Å². The van der Waals surface area contributed by atoms with E-state index in [9.17, 15) is 35.1 Å². The molecule has 2 amide bonds. The number of methoxy groups -OCH3 is 1. The lowest BCUT2D eigenvalue weighted by Crippen LogP contribution is -2.69. The van der Waals surface area contributed by atoms with Crippen molar-refractivity contribution >= 4 is 11.8 Å². The van der Waals surface area contributed by atoms with Crippen LogP contribution in [0, 0.1) is 0 Å². The van der Waals surface area contributed by atoms with Crippen molar-refractivity contribution in [2.75, 3.05) is 20.3 Å². The second kappa shape index (κ2) is 10.7. The molecular weight excluding hydrogens is 408 g/mol. The molecule has 0 saturated carbocycles. The van der Waals surface area contributed by atoms with E-state index in [0.717, 1.165) is 0 Å². The average molecular weight is 438 g/mol. The van der Waals surface area contributed by atoms with Gasteiger partial charge in [-0.3, -0.25) is 9.59 Å². The number of aliphatic hydroxyl groups excluding tert-OH is 5. The number of hydrogen-bond donors (Lipinski definition) is 7. The largest absolute Gasteiger partial charge is 0.394 e. The highest BCUT2D eigenvalue weighted by molar-refractivity contribution is 5.73. The SMILES string of the molecule is CO[C@@H]1C(CO)O[C@H](O[C@H]2C(CO)O[C@@H](O)C(NC(C)=O)[C@H]2O)[C@H](NC(C)=O)C1O. The van der Waals surface area contributed by atoms with Crippen LogP contribution in [0.1, 0.15) is 13.8 Å². The summed E-state index contributed by atoms with van der Waals surface area (Å²) in [5.74, 6) is -1.06. The quantitative estimate of drug-likeness (QED) is 0.202. The molecule has 0 radical (unpaired) electrons. The molecule has 10 atom stereocenters. The zero-order valence-electron chi connectivity index (χ0n) is 16.9. The zero-order valence-corrected chi connectivity index (χ0v) is 16.9. The Morgan fingerprint density at radius 1 is 0.867 bits per heavy atom. The molecule has 174 valence electrons. The van der Waals surface area contributed by atoms with E-state index in [2.05, 4.69) is 10.6 Å². The summed E-state index contributed by atoms with van der Waals surface area (Å²) in [5, 5.41) is 55.3. The van der Waals surface area contributed by atoms with Crippen LogP contribution in [0.25, 0.3) is 0 Å². The van der Waals surface area contributed by atoms with Gasteiger partial charge < -0.3 is 55.1 Å². The van der Waals surface area contributed by atoms with E-state index in [-0.39, 0.29) is 0 Å². The normalized spacial score (nSPS) is 41.9. The molecule has 0 aliphatic carbocycles. The molecule has 0 aromatic rings. The first-order valence-corrected chi connectivity index (χ1v) is 9.43. The van der Waals surface area contributed by atoms with Crippen LogP contribution in [0.5, 0.6) is 0 Å². The lowest BCUT2D eigenvalue weighted by molar-refractivity contribution is -0.329. The highest BCUT2D eigenvalue weighted by atomic mass is 16.7. The molecule has 4 unspecified atom stereocenters. The van der Waals surface area contributed by atoms with Crippen LogP contribution in [0.3, 0.4) is 0 Å². The van der Waals surface area contributed by atoms with E-state index < -0.39 is 86.3 Å². The molecule has 13 nitrogen and oxygen atoms in total. The number of amides is 2. The van der Waals surface area contributed by atoms with Crippen molar-refractivity contribution in [2.45, 2.75) is 75.1 Å². The molecule has 2 saturated heterocycles. The number of rotatable bonds is 7. The van der Waals surface area contributed by atoms with E-state index in [1.165, 1.54) is 21.0 Å². The second-order valence-electron chi connectivity index (χ2n) is 7.21. The smallest absolute Gasteiger partial charge is 0.217 e. The van der Waals surface area contributed by atoms with Gasteiger partial charge in [0, 0.05) is 21.0 Å². The van der Waals surface area contributed by atoms with Gasteiger partial charge in [-0.15, -0.1) is 0 Å². The topological polar surface area (TPSA) is 196 Å². The molecule has 2 rings (SSSR count). The summed E-state index contributed by atoms with van der Waals surface area (Å²) in [6.45, 7) is 1.19. The van der Waals surface area contributed by atoms with Gasteiger partial charge >= 0.3 is 0 Å². The van der Waals surface area contributed by atoms with Gasteiger partial charge in [-0.05, 0) is 0 Å². The Hall–Kier alpha value is -1.42. The Morgan fingerprint density at radius 3 is 1.87 bits per heavy atom. The first-order chi connectivity index (χ1) is 14.1. The number of hydrogen-bond acceptors (Lipinski definition) is 11. The summed E-state index contributed by atoms with van der Waals surface area (Å²) in [5.41, 5.74) is 0. The Kier molecular flexibility index (Phi) is 8.90. The molecule has 0 bridgehead atoms. The van der Waals surface area contributed by atoms with Crippen molar-refractivity contribution < 1.29 is 54.1 Å². The molecule has 2 aliphatic heterocycles. The summed E-state index contributed by atoms with van der Waals surface area (Å²) < 4.78 is 21.8. The Morgan fingerprint density at radius 2 is 1.37 bits per heavy atom. The molecule has 2 heterocycles. The van der Waals surface area contributed by atoms with Gasteiger partial charge in [0.1, 0.15) is 48.7 Å². The number of nitrogens with one attached hydrogen (secondary N) is 2. The van der Waals surface area contributed by atoms with E-state index in [4.69, 9.17) is 18.9 Å². The summed E-state index contributed by atoms with van der Waals surface area (Å²) in [6, 6.07) is -2.43. The molecule has 0 spiro atoms. The Labute approximate surface area is 172 Å². The molecular formula is C17H30N2O11. The molecule has 7 N–H and O–H groups in total. The van der Waals surface area contributed by atoms with Gasteiger partial charge in [0.05, 0.1) is 13.2 Å². The summed E-state index contributed by atoms with van der Waals surface area (Å²) in [6.07, 6.45) is -10.4. The number of carbonyl (C=O) groups is 2. The summed E-state index contributed by atoms with van der Waals surface area (Å²) in [4.78, 5) is 23.0. The van der Waals surface area contributed by atoms with Crippen LogP contribution in [0.4, 0.5) is 0 Å². The fourth-order valence-corrected chi connectivity index (χ4v) is 3.66. The van der Waals surface area contributed by atoms with Gasteiger partial charge in [0.25, 0.3) is 0 Å². The van der Waals surface area contributed by atoms with Gasteiger partial charge in [0.15, 0.2) is 12.6 Å². The zero-order chi connectivity index (χ0) is 22.6. The average Bonchev–Trinajstić information content (AvgIpc) is 2.68. The van der Waals surface area contributed by atoms with Gasteiger partial charge in [-0.25, -0.2) is 0 Å². The molecule has 13 heteroatoms. The molecule has 30 heavy (non-hydrogen) atoms. The standard InChI is InChI=1S/C17H30N2O11/c1-6(22)18-10-12(24)15(9(5-21)28-16(10)26)30-17-11(19-7(2)23)13(25)14(27-3)8(4-20)29-17/h8-17,20-21,24-26H,4-5H2,1-3H3,(H,18,22)(H,19,23)/t8?,9?,10?,11-,12-,13?,14-,15+,16-,17-/m1/s1. The lowest BCUT2D eigenvalue weighted by Gasteiger charge is -2.47. The highest BCUT2D eigenvalue weighted by Gasteiger charge is 2.51. The first kappa shape index (κ1) is 24.8. The Balaban J connectivity index is 2.28. The maximum atomic E-state index is 11.6. The number of carbonyl (C=O) groups excluding carboxylic acids is 2. The van der Waals surface area contributed by atoms with Crippen molar-refractivity contribution in [2.24, 2.45) is 0 Å². The van der Waals surface area contributed by atoms with Gasteiger partial charge in [-0.2, -0.15) is 0 Å². The molecule has 2 fully saturated rings. The minimum atomic E-state index is -1.62. The lowest BCUT2D eigenvalue weighted by atomic mass is 9.94. The van der Waals surface area contributed by atoms with Crippen molar-refractivity contribution in [3.8, 4) is 0 Å². The second-order valence-corrected chi connectivity index (χ2v) is 7.21. The van der Waals surface area contributed by atoms with Crippen LogP contribution in [0.2, 0.25) is 0 Å². The van der Waals surface area contributed by atoms with Crippen molar-refractivity contribution in [3.05, 3.63) is 0 Å². The molecule has 0 aromatic carbocycles. The third-order valence-electron chi connectivity index (χ3n) is 5.03. The van der Waals surface area contributed by atoms with Crippen LogP contribution in [-0.4, -0.2) is 119 Å². The summed E-state index contributed by atoms with van der Waals surface area (Å²) in [7, 11) is 1.30. The predicted molar refractivity (Wildman–Crippen MR) is 96.6 cm³/mol. The number of ether oxygens (including phenoxy) is 4. The van der Waals surface area contributed by atoms with Crippen LogP contribution in [-0.2, 0) is 28.5 Å². The maximum Gasteiger partial charge on any atom is 0.217 e. The van der Waals surface area contributed by atoms with Crippen LogP contribution >= 0.6 is 0 Å². The third kappa shape index (κ3) is 5.43. The van der Waals surface area contributed by atoms with Gasteiger partial charge in [-0.1, -0.05) is 0 Å². The fraction of sp³-hybridized carbons (Fsp3) is 0.882. The Bertz CT molecular complexity index is 594. The molecule has 0 aromatic heterocycles. The van der Waals surface area contributed by atoms with Crippen LogP contribution < -0.4 is 10.6 Å². The number of aliphatic hydroxyl groups is 5. The van der Waals surface area contributed by atoms with E-state index >= 15 is 0 Å². The summed E-state index contributed by atoms with van der Waals surface area (Å²) >= 11 is 0. The van der Waals surface area contributed by atoms with Crippen molar-refractivity contribution in [1.29, 1.82) is 0 Å².